The van der Waals surface area contributed by atoms with Crippen LogP contribution in [0.1, 0.15) is 18.6 Å². The molecule has 0 aliphatic carbocycles. The van der Waals surface area contributed by atoms with E-state index < -0.39 is 17.9 Å². The van der Waals surface area contributed by atoms with Crippen LogP contribution in [0, 0.1) is 5.82 Å². The summed E-state index contributed by atoms with van der Waals surface area (Å²) >= 11 is 0. The maximum atomic E-state index is 13.6. The fourth-order valence-electron chi connectivity index (χ4n) is 2.74. The third kappa shape index (κ3) is 3.56. The number of likely N-dealkylation sites (tertiary alicyclic amines) is 1. The quantitative estimate of drug-likeness (QED) is 0.904. The van der Waals surface area contributed by atoms with Crippen molar-refractivity contribution in [3.05, 3.63) is 54.2 Å². The van der Waals surface area contributed by atoms with Gasteiger partial charge < -0.3 is 20.0 Å². The van der Waals surface area contributed by atoms with Gasteiger partial charge in [-0.1, -0.05) is 12.1 Å². The minimum absolute atomic E-state index is 0.101. The molecule has 1 fully saturated rings. The van der Waals surface area contributed by atoms with Gasteiger partial charge in [-0.3, -0.25) is 4.79 Å². The molecule has 24 heavy (non-hydrogen) atoms. The van der Waals surface area contributed by atoms with Crippen molar-refractivity contribution in [2.24, 2.45) is 0 Å². The fraction of sp³-hybridized carbons (Fsp3) is 0.294. The van der Waals surface area contributed by atoms with E-state index in [4.69, 9.17) is 4.42 Å². The topological polar surface area (TPSA) is 74.6 Å². The number of anilines is 1. The van der Waals surface area contributed by atoms with Crippen molar-refractivity contribution in [3.63, 3.8) is 0 Å². The smallest absolute Gasteiger partial charge is 0.322 e. The van der Waals surface area contributed by atoms with Gasteiger partial charge in [-0.25, -0.2) is 9.18 Å². The molecule has 3 amide bonds. The summed E-state index contributed by atoms with van der Waals surface area (Å²) in [6.45, 7) is 0.726. The first-order chi connectivity index (χ1) is 11.6. The van der Waals surface area contributed by atoms with E-state index in [0.717, 1.165) is 6.42 Å². The number of benzene rings is 1. The number of para-hydroxylation sites is 1. The average Bonchev–Trinajstić information content (AvgIpc) is 3.26. The predicted octanol–water partition coefficient (Wildman–Crippen LogP) is 2.73. The van der Waals surface area contributed by atoms with Crippen LogP contribution in [0.3, 0.4) is 0 Å². The molecule has 1 saturated heterocycles. The van der Waals surface area contributed by atoms with Crippen molar-refractivity contribution in [3.8, 4) is 0 Å². The molecular weight excluding hydrogens is 313 g/mol. The third-order valence-electron chi connectivity index (χ3n) is 3.95. The molecule has 2 aromatic rings. The summed E-state index contributed by atoms with van der Waals surface area (Å²) in [7, 11) is 0. The highest BCUT2D eigenvalue weighted by Crippen LogP contribution is 2.20. The standard InChI is InChI=1S/C17H18FN3O3/c18-13-6-1-2-7-14(13)20-17(23)21-9-3-8-15(21)16(22)19-11-12-5-4-10-24-12/h1-2,4-7,10,15H,3,8-9,11H2,(H,19,22)(H,20,23)/t15-/m0/s1. The van der Waals surface area contributed by atoms with Crippen LogP contribution in [-0.2, 0) is 11.3 Å². The number of carbonyl (C=O) groups excluding carboxylic acids is 2. The van der Waals surface area contributed by atoms with E-state index in [1.165, 1.54) is 23.3 Å². The molecule has 1 aromatic carbocycles. The Morgan fingerprint density at radius 2 is 2.08 bits per heavy atom. The number of nitrogens with zero attached hydrogens (tertiary/aromatic N) is 1. The number of hydrogen-bond donors (Lipinski definition) is 2. The van der Waals surface area contributed by atoms with E-state index in [1.807, 2.05) is 0 Å². The lowest BCUT2D eigenvalue weighted by Crippen LogP contribution is -2.47. The summed E-state index contributed by atoms with van der Waals surface area (Å²) in [5.74, 6) is -0.111. The van der Waals surface area contributed by atoms with Crippen LogP contribution in [0.15, 0.2) is 47.1 Å². The molecule has 3 rings (SSSR count). The van der Waals surface area contributed by atoms with Gasteiger partial charge in [0.15, 0.2) is 0 Å². The first-order valence-corrected chi connectivity index (χ1v) is 7.77. The molecule has 7 heteroatoms. The SMILES string of the molecule is O=C(NCc1ccco1)[C@@H]1CCCN1C(=O)Nc1ccccc1F. The maximum absolute atomic E-state index is 13.6. The van der Waals surface area contributed by atoms with E-state index in [9.17, 15) is 14.0 Å². The molecule has 0 radical (unpaired) electrons. The van der Waals surface area contributed by atoms with Crippen LogP contribution in [0.2, 0.25) is 0 Å². The van der Waals surface area contributed by atoms with Crippen molar-refractivity contribution >= 4 is 17.6 Å². The van der Waals surface area contributed by atoms with Crippen molar-refractivity contribution in [1.82, 2.24) is 10.2 Å². The van der Waals surface area contributed by atoms with Crippen LogP contribution in [-0.4, -0.2) is 29.4 Å². The number of rotatable bonds is 4. The van der Waals surface area contributed by atoms with Crippen molar-refractivity contribution in [2.45, 2.75) is 25.4 Å². The molecule has 0 spiro atoms. The van der Waals surface area contributed by atoms with E-state index in [2.05, 4.69) is 10.6 Å². The zero-order valence-electron chi connectivity index (χ0n) is 13.0. The summed E-state index contributed by atoms with van der Waals surface area (Å²) in [5, 5.41) is 5.28. The Morgan fingerprint density at radius 1 is 1.25 bits per heavy atom. The van der Waals surface area contributed by atoms with Gasteiger partial charge in [0.25, 0.3) is 0 Å². The van der Waals surface area contributed by atoms with Gasteiger partial charge in [-0.05, 0) is 37.1 Å². The molecule has 2 heterocycles. The Labute approximate surface area is 138 Å². The Hall–Kier alpha value is -2.83. The molecule has 1 aliphatic heterocycles. The zero-order valence-corrected chi connectivity index (χ0v) is 13.0. The Bertz CT molecular complexity index is 718. The van der Waals surface area contributed by atoms with Gasteiger partial charge in [0.05, 0.1) is 18.5 Å². The molecule has 1 atom stereocenters. The molecule has 2 N–H and O–H groups in total. The van der Waals surface area contributed by atoms with Gasteiger partial charge in [0.2, 0.25) is 5.91 Å². The van der Waals surface area contributed by atoms with Gasteiger partial charge in [0, 0.05) is 6.54 Å². The normalized spacial score (nSPS) is 16.9. The number of hydrogen-bond acceptors (Lipinski definition) is 3. The second-order valence-corrected chi connectivity index (χ2v) is 5.56. The van der Waals surface area contributed by atoms with Crippen LogP contribution in [0.4, 0.5) is 14.9 Å². The number of amides is 3. The zero-order chi connectivity index (χ0) is 16.9. The number of urea groups is 1. The third-order valence-corrected chi connectivity index (χ3v) is 3.95. The predicted molar refractivity (Wildman–Crippen MR) is 85.7 cm³/mol. The van der Waals surface area contributed by atoms with Crippen LogP contribution in [0.25, 0.3) is 0 Å². The van der Waals surface area contributed by atoms with Gasteiger partial charge in [-0.2, -0.15) is 0 Å². The van der Waals surface area contributed by atoms with E-state index in [1.54, 1.807) is 24.3 Å². The first kappa shape index (κ1) is 16.0. The summed E-state index contributed by atoms with van der Waals surface area (Å²) in [6, 6.07) is 8.40. The Balaban J connectivity index is 1.61. The molecular formula is C17H18FN3O3. The lowest BCUT2D eigenvalue weighted by Gasteiger charge is -2.24. The van der Waals surface area contributed by atoms with Crippen molar-refractivity contribution in [1.29, 1.82) is 0 Å². The Morgan fingerprint density at radius 3 is 2.83 bits per heavy atom. The highest BCUT2D eigenvalue weighted by molar-refractivity contribution is 5.94. The highest BCUT2D eigenvalue weighted by atomic mass is 19.1. The molecule has 1 aromatic heterocycles. The summed E-state index contributed by atoms with van der Waals surface area (Å²) in [4.78, 5) is 26.1. The largest absolute Gasteiger partial charge is 0.467 e. The van der Waals surface area contributed by atoms with Crippen LogP contribution in [0.5, 0.6) is 0 Å². The second kappa shape index (κ2) is 7.16. The van der Waals surface area contributed by atoms with Gasteiger partial charge in [0.1, 0.15) is 17.6 Å². The van der Waals surface area contributed by atoms with Gasteiger partial charge in [-0.15, -0.1) is 0 Å². The lowest BCUT2D eigenvalue weighted by atomic mass is 10.2. The lowest BCUT2D eigenvalue weighted by molar-refractivity contribution is -0.124. The Kier molecular flexibility index (Phi) is 4.79. The molecule has 126 valence electrons. The van der Waals surface area contributed by atoms with Crippen LogP contribution >= 0.6 is 0 Å². The van der Waals surface area contributed by atoms with Crippen molar-refractivity contribution in [2.75, 3.05) is 11.9 Å². The van der Waals surface area contributed by atoms with Crippen LogP contribution < -0.4 is 10.6 Å². The highest BCUT2D eigenvalue weighted by Gasteiger charge is 2.34. The second-order valence-electron chi connectivity index (χ2n) is 5.56. The van der Waals surface area contributed by atoms with E-state index >= 15 is 0 Å². The molecule has 1 aliphatic rings. The first-order valence-electron chi connectivity index (χ1n) is 7.77. The summed E-state index contributed by atoms with van der Waals surface area (Å²) < 4.78 is 18.8. The van der Waals surface area contributed by atoms with Gasteiger partial charge >= 0.3 is 6.03 Å². The molecule has 0 saturated carbocycles. The minimum Gasteiger partial charge on any atom is -0.467 e. The number of carbonyl (C=O) groups is 2. The number of furan rings is 1. The number of halogens is 1. The molecule has 0 bridgehead atoms. The molecule has 6 nitrogen and oxygen atoms in total. The average molecular weight is 331 g/mol. The summed E-state index contributed by atoms with van der Waals surface area (Å²) in [6.07, 6.45) is 2.84. The summed E-state index contributed by atoms with van der Waals surface area (Å²) in [5.41, 5.74) is 0.101. The molecule has 0 unspecified atom stereocenters. The minimum atomic E-state index is -0.563. The van der Waals surface area contributed by atoms with E-state index in [-0.39, 0.29) is 18.1 Å². The van der Waals surface area contributed by atoms with Crippen molar-refractivity contribution < 1.29 is 18.4 Å². The van der Waals surface area contributed by atoms with E-state index in [0.29, 0.717) is 18.7 Å². The monoisotopic (exact) mass is 331 g/mol. The maximum Gasteiger partial charge on any atom is 0.322 e. The number of nitrogens with one attached hydrogen (secondary N) is 2. The fourth-order valence-corrected chi connectivity index (χ4v) is 2.74.